The predicted octanol–water partition coefficient (Wildman–Crippen LogP) is 2.71. The van der Waals surface area contributed by atoms with Gasteiger partial charge in [0.1, 0.15) is 5.82 Å². The summed E-state index contributed by atoms with van der Waals surface area (Å²) >= 11 is 0. The Morgan fingerprint density at radius 1 is 1.33 bits per heavy atom. The number of rotatable bonds is 5. The maximum Gasteiger partial charge on any atom is 0.233 e. The minimum Gasteiger partial charge on any atom is -0.344 e. The topological polar surface area (TPSA) is 32.3 Å². The summed E-state index contributed by atoms with van der Waals surface area (Å²) in [6.07, 6.45) is 4.85. The van der Waals surface area contributed by atoms with Crippen LogP contribution in [0.5, 0.6) is 0 Å². The summed E-state index contributed by atoms with van der Waals surface area (Å²) < 4.78 is 13.6. The summed E-state index contributed by atoms with van der Waals surface area (Å²) in [7, 11) is 3.72. The highest BCUT2D eigenvalue weighted by Gasteiger charge is 2.42. The van der Waals surface area contributed by atoms with E-state index < -0.39 is 5.41 Å². The molecular formula is C17H25FN2O. The molecule has 3 nitrogen and oxygen atoms in total. The molecule has 1 fully saturated rings. The van der Waals surface area contributed by atoms with Crippen LogP contribution in [0.4, 0.5) is 4.39 Å². The number of nitrogens with one attached hydrogen (secondary N) is 1. The highest BCUT2D eigenvalue weighted by molar-refractivity contribution is 5.88. The van der Waals surface area contributed by atoms with E-state index in [1.165, 1.54) is 12.1 Å². The fraction of sp³-hybridized carbons (Fsp3) is 0.588. The molecule has 1 N–H and O–H groups in total. The molecule has 1 amide bonds. The maximum atomic E-state index is 13.6. The number of hydrogen-bond donors (Lipinski definition) is 1. The lowest BCUT2D eigenvalue weighted by Gasteiger charge is -2.39. The van der Waals surface area contributed by atoms with Crippen molar-refractivity contribution < 1.29 is 9.18 Å². The molecule has 2 rings (SSSR count). The van der Waals surface area contributed by atoms with Gasteiger partial charge in [0.2, 0.25) is 5.91 Å². The van der Waals surface area contributed by atoms with Crippen molar-refractivity contribution in [3.8, 4) is 0 Å². The van der Waals surface area contributed by atoms with E-state index >= 15 is 0 Å². The minimum absolute atomic E-state index is 0.128. The quantitative estimate of drug-likeness (QED) is 0.905. The molecule has 21 heavy (non-hydrogen) atoms. The van der Waals surface area contributed by atoms with Crippen molar-refractivity contribution in [2.24, 2.45) is 0 Å². The van der Waals surface area contributed by atoms with Crippen molar-refractivity contribution in [3.63, 3.8) is 0 Å². The number of nitrogens with zero attached hydrogens (tertiary/aromatic N) is 1. The normalized spacial score (nSPS) is 17.5. The highest BCUT2D eigenvalue weighted by Crippen LogP contribution is 2.41. The van der Waals surface area contributed by atoms with Gasteiger partial charge in [-0.25, -0.2) is 4.39 Å². The molecule has 1 aliphatic carbocycles. The first kappa shape index (κ1) is 16.0. The van der Waals surface area contributed by atoms with Crippen LogP contribution in [0.2, 0.25) is 0 Å². The van der Waals surface area contributed by atoms with Crippen LogP contribution in [-0.2, 0) is 10.2 Å². The van der Waals surface area contributed by atoms with Crippen molar-refractivity contribution in [1.29, 1.82) is 0 Å². The van der Waals surface area contributed by atoms with Crippen molar-refractivity contribution in [2.45, 2.75) is 37.5 Å². The van der Waals surface area contributed by atoms with Crippen molar-refractivity contribution in [1.82, 2.24) is 10.2 Å². The molecule has 1 aliphatic rings. The zero-order valence-electron chi connectivity index (χ0n) is 13.0. The highest BCUT2D eigenvalue weighted by atomic mass is 19.1. The second kappa shape index (κ2) is 7.03. The van der Waals surface area contributed by atoms with E-state index in [4.69, 9.17) is 0 Å². The summed E-state index contributed by atoms with van der Waals surface area (Å²) in [4.78, 5) is 14.8. The number of benzene rings is 1. The lowest BCUT2D eigenvalue weighted by molar-refractivity contribution is -0.137. The smallest absolute Gasteiger partial charge is 0.233 e. The summed E-state index contributed by atoms with van der Waals surface area (Å²) in [5.41, 5.74) is 0.298. The average Bonchev–Trinajstić information content (AvgIpc) is 2.52. The molecule has 0 saturated heterocycles. The molecule has 0 aliphatic heterocycles. The van der Waals surface area contributed by atoms with Crippen molar-refractivity contribution in [3.05, 3.63) is 35.6 Å². The van der Waals surface area contributed by atoms with Gasteiger partial charge in [0.25, 0.3) is 0 Å². The average molecular weight is 292 g/mol. The van der Waals surface area contributed by atoms with Crippen LogP contribution >= 0.6 is 0 Å². The second-order valence-corrected chi connectivity index (χ2v) is 5.98. The number of hydrogen-bond acceptors (Lipinski definition) is 2. The van der Waals surface area contributed by atoms with Gasteiger partial charge in [0.15, 0.2) is 0 Å². The molecule has 0 aromatic heterocycles. The molecular weight excluding hydrogens is 267 g/mol. The molecule has 4 heteroatoms. The van der Waals surface area contributed by atoms with Gasteiger partial charge in [-0.3, -0.25) is 4.79 Å². The van der Waals surface area contributed by atoms with E-state index in [1.807, 2.05) is 20.2 Å². The predicted molar refractivity (Wildman–Crippen MR) is 82.7 cm³/mol. The largest absolute Gasteiger partial charge is 0.344 e. The van der Waals surface area contributed by atoms with Gasteiger partial charge in [0.05, 0.1) is 5.41 Å². The van der Waals surface area contributed by atoms with Crippen LogP contribution in [-0.4, -0.2) is 38.0 Å². The standard InChI is InChI=1S/C17H25FN2O/c1-19-11-12-20(2)16(21)17(9-4-3-5-10-17)14-7-6-8-15(18)13-14/h6-8,13,19H,3-5,9-12H2,1-2H3. The maximum absolute atomic E-state index is 13.6. The van der Waals surface area contributed by atoms with Crippen LogP contribution in [0.1, 0.15) is 37.7 Å². The Bertz CT molecular complexity index is 483. The summed E-state index contributed by atoms with van der Waals surface area (Å²) in [6.45, 7) is 1.44. The molecule has 0 unspecified atom stereocenters. The summed E-state index contributed by atoms with van der Waals surface area (Å²) in [6, 6.07) is 6.59. The minimum atomic E-state index is -0.539. The SMILES string of the molecule is CNCCN(C)C(=O)C1(c2cccc(F)c2)CCCCC1. The molecule has 0 radical (unpaired) electrons. The van der Waals surface area contributed by atoms with E-state index in [0.29, 0.717) is 6.54 Å². The van der Waals surface area contributed by atoms with Gasteiger partial charge < -0.3 is 10.2 Å². The second-order valence-electron chi connectivity index (χ2n) is 5.98. The summed E-state index contributed by atoms with van der Waals surface area (Å²) in [5, 5.41) is 3.06. The van der Waals surface area contributed by atoms with Crippen LogP contribution in [0, 0.1) is 5.82 Å². The molecule has 1 saturated carbocycles. The lowest BCUT2D eigenvalue weighted by atomic mass is 9.68. The number of amides is 1. The number of carbonyl (C=O) groups is 1. The molecule has 0 spiro atoms. The van der Waals surface area contributed by atoms with Crippen LogP contribution < -0.4 is 5.32 Å². The van der Waals surface area contributed by atoms with Crippen LogP contribution in [0.25, 0.3) is 0 Å². The number of likely N-dealkylation sites (N-methyl/N-ethyl adjacent to an activating group) is 2. The number of halogens is 1. The Balaban J connectivity index is 2.31. The van der Waals surface area contributed by atoms with Crippen molar-refractivity contribution >= 4 is 5.91 Å². The first-order chi connectivity index (χ1) is 10.1. The fourth-order valence-corrected chi connectivity index (χ4v) is 3.31. The van der Waals surface area contributed by atoms with Gasteiger partial charge in [-0.2, -0.15) is 0 Å². The van der Waals surface area contributed by atoms with Gasteiger partial charge in [-0.1, -0.05) is 31.4 Å². The molecule has 0 heterocycles. The Morgan fingerprint density at radius 3 is 2.67 bits per heavy atom. The zero-order chi connectivity index (χ0) is 15.3. The molecule has 1 aromatic rings. The van der Waals surface area contributed by atoms with Crippen LogP contribution in [0.3, 0.4) is 0 Å². The Kier molecular flexibility index (Phi) is 5.34. The van der Waals surface area contributed by atoms with Crippen molar-refractivity contribution in [2.75, 3.05) is 27.2 Å². The molecule has 116 valence electrons. The molecule has 0 atom stereocenters. The van der Waals surface area contributed by atoms with Gasteiger partial charge >= 0.3 is 0 Å². The van der Waals surface area contributed by atoms with E-state index in [1.54, 1.807) is 11.0 Å². The van der Waals surface area contributed by atoms with E-state index in [0.717, 1.165) is 44.2 Å². The van der Waals surface area contributed by atoms with Gasteiger partial charge in [0, 0.05) is 20.1 Å². The fourth-order valence-electron chi connectivity index (χ4n) is 3.31. The van der Waals surface area contributed by atoms with Gasteiger partial charge in [-0.05, 0) is 37.6 Å². The van der Waals surface area contributed by atoms with E-state index in [-0.39, 0.29) is 11.7 Å². The molecule has 0 bridgehead atoms. The van der Waals surface area contributed by atoms with E-state index in [2.05, 4.69) is 5.32 Å². The Labute approximate surface area is 126 Å². The monoisotopic (exact) mass is 292 g/mol. The summed E-state index contributed by atoms with van der Waals surface area (Å²) in [5.74, 6) is -0.133. The van der Waals surface area contributed by atoms with Crippen LogP contribution in [0.15, 0.2) is 24.3 Å². The first-order valence-corrected chi connectivity index (χ1v) is 7.76. The molecule has 1 aromatic carbocycles. The zero-order valence-corrected chi connectivity index (χ0v) is 13.0. The lowest BCUT2D eigenvalue weighted by Crippen LogP contribution is -2.48. The van der Waals surface area contributed by atoms with Gasteiger partial charge in [-0.15, -0.1) is 0 Å². The third-order valence-electron chi connectivity index (χ3n) is 4.54. The Morgan fingerprint density at radius 2 is 2.05 bits per heavy atom. The third kappa shape index (κ3) is 3.43. The first-order valence-electron chi connectivity index (χ1n) is 7.76. The van der Waals surface area contributed by atoms with E-state index in [9.17, 15) is 9.18 Å². The Hall–Kier alpha value is -1.42. The third-order valence-corrected chi connectivity index (χ3v) is 4.54. The number of carbonyl (C=O) groups excluding carboxylic acids is 1.